The highest BCUT2D eigenvalue weighted by atomic mass is 35.5. The lowest BCUT2D eigenvalue weighted by Crippen LogP contribution is -2.11. The minimum Gasteiger partial charge on any atom is -0.439 e. The smallest absolute Gasteiger partial charge is 0.223 e. The Balaban J connectivity index is 2.20. The zero-order valence-corrected chi connectivity index (χ0v) is 11.2. The first-order valence-corrected chi connectivity index (χ1v) is 6.05. The van der Waals surface area contributed by atoms with Gasteiger partial charge >= 0.3 is 0 Å². The normalized spacial score (nSPS) is 10.7. The van der Waals surface area contributed by atoms with Gasteiger partial charge in [0.15, 0.2) is 0 Å². The summed E-state index contributed by atoms with van der Waals surface area (Å²) >= 11 is 5.84. The van der Waals surface area contributed by atoms with Gasteiger partial charge in [0, 0.05) is 23.3 Å². The standard InChI is InChI=1S/C14H15ClN2O/c1-17(2)10-11-4-3-9-16-14(11)18-13-7-5-12(15)6-8-13/h3-9H,10H2,1-2H3. The predicted molar refractivity (Wildman–Crippen MR) is 73.2 cm³/mol. The fraction of sp³-hybridized carbons (Fsp3) is 0.214. The minimum absolute atomic E-state index is 0.633. The van der Waals surface area contributed by atoms with Crippen molar-refractivity contribution in [1.82, 2.24) is 9.88 Å². The van der Waals surface area contributed by atoms with Crippen LogP contribution in [0.5, 0.6) is 11.6 Å². The molecule has 0 bridgehead atoms. The summed E-state index contributed by atoms with van der Waals surface area (Å²) in [4.78, 5) is 6.34. The molecule has 0 unspecified atom stereocenters. The van der Waals surface area contributed by atoms with Crippen molar-refractivity contribution in [2.45, 2.75) is 6.54 Å². The topological polar surface area (TPSA) is 25.4 Å². The third-order valence-electron chi connectivity index (χ3n) is 2.36. The highest BCUT2D eigenvalue weighted by Crippen LogP contribution is 2.24. The lowest BCUT2D eigenvalue weighted by Gasteiger charge is -2.13. The maximum Gasteiger partial charge on any atom is 0.223 e. The predicted octanol–water partition coefficient (Wildman–Crippen LogP) is 3.59. The Labute approximate surface area is 112 Å². The molecule has 4 heteroatoms. The second kappa shape index (κ2) is 5.85. The summed E-state index contributed by atoms with van der Waals surface area (Å²) in [5.41, 5.74) is 1.05. The zero-order valence-electron chi connectivity index (χ0n) is 10.4. The van der Waals surface area contributed by atoms with Crippen LogP contribution in [0.2, 0.25) is 5.02 Å². The first-order chi connectivity index (χ1) is 8.65. The summed E-state index contributed by atoms with van der Waals surface area (Å²) in [6.07, 6.45) is 1.73. The first kappa shape index (κ1) is 12.9. The number of nitrogens with zero attached hydrogens (tertiary/aromatic N) is 2. The highest BCUT2D eigenvalue weighted by molar-refractivity contribution is 6.30. The fourth-order valence-corrected chi connectivity index (χ4v) is 1.72. The molecular weight excluding hydrogens is 248 g/mol. The van der Waals surface area contributed by atoms with Crippen molar-refractivity contribution in [1.29, 1.82) is 0 Å². The Bertz CT molecular complexity index is 511. The van der Waals surface area contributed by atoms with E-state index in [2.05, 4.69) is 9.88 Å². The molecule has 0 atom stereocenters. The molecule has 0 radical (unpaired) electrons. The minimum atomic E-state index is 0.633. The van der Waals surface area contributed by atoms with Gasteiger partial charge in [-0.05, 0) is 44.4 Å². The lowest BCUT2D eigenvalue weighted by atomic mass is 10.2. The summed E-state index contributed by atoms with van der Waals surface area (Å²) in [5, 5.41) is 0.692. The van der Waals surface area contributed by atoms with Crippen LogP contribution >= 0.6 is 11.6 Å². The number of benzene rings is 1. The van der Waals surface area contributed by atoms with E-state index < -0.39 is 0 Å². The molecule has 2 aromatic rings. The number of rotatable bonds is 4. The Morgan fingerprint density at radius 3 is 2.56 bits per heavy atom. The molecule has 0 spiro atoms. The quantitative estimate of drug-likeness (QED) is 0.842. The molecule has 1 heterocycles. The van der Waals surface area contributed by atoms with Crippen LogP contribution in [0.15, 0.2) is 42.6 Å². The number of aromatic nitrogens is 1. The van der Waals surface area contributed by atoms with Gasteiger partial charge in [-0.25, -0.2) is 4.98 Å². The van der Waals surface area contributed by atoms with Gasteiger partial charge in [0.25, 0.3) is 0 Å². The van der Waals surface area contributed by atoms with Crippen LogP contribution in [0.3, 0.4) is 0 Å². The van der Waals surface area contributed by atoms with Gasteiger partial charge in [0.05, 0.1) is 0 Å². The van der Waals surface area contributed by atoms with Crippen LogP contribution in [-0.4, -0.2) is 24.0 Å². The number of hydrogen-bond acceptors (Lipinski definition) is 3. The van der Waals surface area contributed by atoms with Crippen molar-refractivity contribution in [2.24, 2.45) is 0 Å². The van der Waals surface area contributed by atoms with E-state index in [-0.39, 0.29) is 0 Å². The highest BCUT2D eigenvalue weighted by Gasteiger charge is 2.06. The van der Waals surface area contributed by atoms with Crippen LogP contribution in [0, 0.1) is 0 Å². The molecule has 2 rings (SSSR count). The molecule has 0 aliphatic carbocycles. The van der Waals surface area contributed by atoms with Crippen LogP contribution in [0.25, 0.3) is 0 Å². The van der Waals surface area contributed by atoms with Crippen molar-refractivity contribution in [3.8, 4) is 11.6 Å². The van der Waals surface area contributed by atoms with Crippen molar-refractivity contribution >= 4 is 11.6 Å². The molecule has 0 saturated carbocycles. The molecule has 0 saturated heterocycles. The van der Waals surface area contributed by atoms with Crippen molar-refractivity contribution in [3.63, 3.8) is 0 Å². The van der Waals surface area contributed by atoms with Gasteiger partial charge in [-0.2, -0.15) is 0 Å². The molecule has 0 amide bonds. The van der Waals surface area contributed by atoms with Crippen LogP contribution < -0.4 is 4.74 Å². The lowest BCUT2D eigenvalue weighted by molar-refractivity contribution is 0.383. The number of hydrogen-bond donors (Lipinski definition) is 0. The summed E-state index contributed by atoms with van der Waals surface area (Å²) in [6, 6.07) is 11.2. The number of pyridine rings is 1. The van der Waals surface area contributed by atoms with Crippen LogP contribution in [0.4, 0.5) is 0 Å². The second-order valence-corrected chi connectivity index (χ2v) is 4.70. The summed E-state index contributed by atoms with van der Waals surface area (Å²) in [5.74, 6) is 1.37. The summed E-state index contributed by atoms with van der Waals surface area (Å²) in [6.45, 7) is 0.788. The zero-order chi connectivity index (χ0) is 13.0. The van der Waals surface area contributed by atoms with Gasteiger partial charge in [-0.15, -0.1) is 0 Å². The molecule has 3 nitrogen and oxygen atoms in total. The van der Waals surface area contributed by atoms with E-state index in [0.29, 0.717) is 10.9 Å². The molecule has 0 N–H and O–H groups in total. The molecule has 18 heavy (non-hydrogen) atoms. The second-order valence-electron chi connectivity index (χ2n) is 4.26. The average Bonchev–Trinajstić information content (AvgIpc) is 2.34. The van der Waals surface area contributed by atoms with Crippen molar-refractivity contribution in [2.75, 3.05) is 14.1 Å². The van der Waals surface area contributed by atoms with Crippen molar-refractivity contribution < 1.29 is 4.74 Å². The number of ether oxygens (including phenoxy) is 1. The SMILES string of the molecule is CN(C)Cc1cccnc1Oc1ccc(Cl)cc1. The van der Waals surface area contributed by atoms with Crippen molar-refractivity contribution in [3.05, 3.63) is 53.2 Å². The van der Waals surface area contributed by atoms with E-state index in [0.717, 1.165) is 17.9 Å². The third-order valence-corrected chi connectivity index (χ3v) is 2.62. The van der Waals surface area contributed by atoms with E-state index in [4.69, 9.17) is 16.3 Å². The first-order valence-electron chi connectivity index (χ1n) is 5.67. The van der Waals surface area contributed by atoms with Crippen LogP contribution in [0.1, 0.15) is 5.56 Å². The molecule has 1 aromatic heterocycles. The largest absolute Gasteiger partial charge is 0.439 e. The number of halogens is 1. The monoisotopic (exact) mass is 262 g/mol. The molecule has 0 aliphatic rings. The fourth-order valence-electron chi connectivity index (χ4n) is 1.59. The Morgan fingerprint density at radius 1 is 1.17 bits per heavy atom. The Morgan fingerprint density at radius 2 is 1.89 bits per heavy atom. The van der Waals surface area contributed by atoms with Crippen LogP contribution in [-0.2, 0) is 6.54 Å². The average molecular weight is 263 g/mol. The van der Waals surface area contributed by atoms with E-state index in [1.807, 2.05) is 38.4 Å². The maximum absolute atomic E-state index is 5.84. The van der Waals surface area contributed by atoms with Gasteiger partial charge in [-0.1, -0.05) is 17.7 Å². The molecule has 1 aromatic carbocycles. The van der Waals surface area contributed by atoms with E-state index in [9.17, 15) is 0 Å². The molecule has 0 aliphatic heterocycles. The van der Waals surface area contributed by atoms with E-state index in [1.165, 1.54) is 0 Å². The van der Waals surface area contributed by atoms with Gasteiger partial charge in [-0.3, -0.25) is 0 Å². The molecule has 94 valence electrons. The van der Waals surface area contributed by atoms with Gasteiger partial charge in [0.2, 0.25) is 5.88 Å². The molecular formula is C14H15ClN2O. The summed E-state index contributed by atoms with van der Waals surface area (Å²) in [7, 11) is 4.03. The van der Waals surface area contributed by atoms with E-state index in [1.54, 1.807) is 18.3 Å². The van der Waals surface area contributed by atoms with Gasteiger partial charge in [0.1, 0.15) is 5.75 Å². The van der Waals surface area contributed by atoms with Gasteiger partial charge < -0.3 is 9.64 Å². The molecule has 0 fully saturated rings. The van der Waals surface area contributed by atoms with E-state index >= 15 is 0 Å². The summed E-state index contributed by atoms with van der Waals surface area (Å²) < 4.78 is 5.77. The third kappa shape index (κ3) is 3.45. The Hall–Kier alpha value is -1.58. The Kier molecular flexibility index (Phi) is 4.18. The maximum atomic E-state index is 5.84.